The molecule has 4 N–H and O–H groups in total. The van der Waals surface area contributed by atoms with Crippen LogP contribution in [0, 0.1) is 0 Å². The number of hydrogen-bond acceptors (Lipinski definition) is 6. The summed E-state index contributed by atoms with van der Waals surface area (Å²) in [6.07, 6.45) is 3.01. The monoisotopic (exact) mass is 413 g/mol. The van der Waals surface area contributed by atoms with Gasteiger partial charge in [-0.25, -0.2) is 8.42 Å². The highest BCUT2D eigenvalue weighted by atomic mass is 35.5. The van der Waals surface area contributed by atoms with Crippen LogP contribution in [0.15, 0.2) is 40.0 Å². The highest BCUT2D eigenvalue weighted by Gasteiger charge is 2.20. The number of nitrogens with one attached hydrogen (secondary N) is 2. The third-order valence-corrected chi connectivity index (χ3v) is 4.80. The van der Waals surface area contributed by atoms with Gasteiger partial charge in [-0.05, 0) is 32.9 Å². The number of nitrogens with zero attached hydrogens (tertiary/aromatic N) is 2. The molecule has 1 heterocycles. The summed E-state index contributed by atoms with van der Waals surface area (Å²) in [4.78, 5) is 15.7. The predicted octanol–water partition coefficient (Wildman–Crippen LogP) is 1.74. The van der Waals surface area contributed by atoms with Crippen molar-refractivity contribution in [3.63, 3.8) is 0 Å². The Balaban J connectivity index is 2.24. The molecule has 0 aliphatic carbocycles. The molecular weight excluding hydrogens is 394 g/mol. The lowest BCUT2D eigenvalue weighted by atomic mass is 10.1. The molecule has 0 saturated carbocycles. The van der Waals surface area contributed by atoms with Gasteiger partial charge in [0.25, 0.3) is 0 Å². The molecule has 27 heavy (non-hydrogen) atoms. The summed E-state index contributed by atoms with van der Waals surface area (Å²) in [5, 5.41) is 3.97. The second-order valence-corrected chi connectivity index (χ2v) is 8.51. The van der Waals surface area contributed by atoms with Crippen LogP contribution in [0.2, 0.25) is 0 Å². The second-order valence-electron chi connectivity index (χ2n) is 6.58. The molecule has 1 aromatic heterocycles. The zero-order valence-electron chi connectivity index (χ0n) is 15.0. The highest BCUT2D eigenvalue weighted by molar-refractivity contribution is 7.89. The van der Waals surface area contributed by atoms with E-state index < -0.39 is 28.1 Å². The van der Waals surface area contributed by atoms with Crippen molar-refractivity contribution in [2.24, 2.45) is 10.2 Å². The van der Waals surface area contributed by atoms with Gasteiger partial charge in [-0.3, -0.25) is 9.78 Å². The van der Waals surface area contributed by atoms with Crippen molar-refractivity contribution in [2.45, 2.75) is 31.3 Å². The first kappa shape index (κ1) is 20.9. The number of benzene rings is 1. The van der Waals surface area contributed by atoms with Gasteiger partial charge in [-0.15, -0.1) is 4.51 Å². The minimum Gasteiger partial charge on any atom is -0.459 e. The van der Waals surface area contributed by atoms with Crippen LogP contribution in [-0.4, -0.2) is 37.5 Å². The van der Waals surface area contributed by atoms with E-state index in [-0.39, 0.29) is 10.9 Å². The molecule has 9 nitrogen and oxygen atoms in total. The van der Waals surface area contributed by atoms with Crippen molar-refractivity contribution in [1.82, 2.24) is 9.71 Å². The summed E-state index contributed by atoms with van der Waals surface area (Å²) in [6, 6.07) is 4.42. The number of sulfonamides is 1. The zero-order chi connectivity index (χ0) is 20.2. The van der Waals surface area contributed by atoms with Crippen LogP contribution >= 0.6 is 11.8 Å². The largest absolute Gasteiger partial charge is 0.459 e. The SMILES string of the molecule is CC(C)(C)OC(=O)CNS(=O)(=O)c1ccc2c(NC(N)=NCl)cncc2c1. The maximum absolute atomic E-state index is 12.4. The first-order chi connectivity index (χ1) is 12.5. The Bertz CT molecular complexity index is 986. The third-order valence-electron chi connectivity index (χ3n) is 3.22. The normalized spacial score (nSPS) is 12.8. The number of carbonyl (C=O) groups excluding carboxylic acids is 1. The highest BCUT2D eigenvalue weighted by Crippen LogP contribution is 2.24. The van der Waals surface area contributed by atoms with Crippen molar-refractivity contribution in [3.8, 4) is 0 Å². The molecule has 0 aliphatic rings. The van der Waals surface area contributed by atoms with Gasteiger partial charge in [0.1, 0.15) is 12.1 Å². The van der Waals surface area contributed by atoms with Crippen LogP contribution in [0.3, 0.4) is 0 Å². The molecule has 0 spiro atoms. The minimum atomic E-state index is -3.91. The van der Waals surface area contributed by atoms with E-state index in [2.05, 4.69) is 19.5 Å². The molecule has 0 unspecified atom stereocenters. The lowest BCUT2D eigenvalue weighted by Gasteiger charge is -2.19. The van der Waals surface area contributed by atoms with Gasteiger partial charge >= 0.3 is 5.97 Å². The van der Waals surface area contributed by atoms with Gasteiger partial charge in [0, 0.05) is 28.7 Å². The molecule has 0 amide bonds. The topological polar surface area (TPSA) is 136 Å². The predicted molar refractivity (Wildman–Crippen MR) is 104 cm³/mol. The van der Waals surface area contributed by atoms with Crippen LogP contribution in [0.5, 0.6) is 0 Å². The van der Waals surface area contributed by atoms with E-state index in [0.29, 0.717) is 16.5 Å². The maximum Gasteiger partial charge on any atom is 0.321 e. The maximum atomic E-state index is 12.4. The fourth-order valence-corrected chi connectivity index (χ4v) is 3.24. The van der Waals surface area contributed by atoms with E-state index in [9.17, 15) is 13.2 Å². The summed E-state index contributed by atoms with van der Waals surface area (Å²) in [7, 11) is -3.91. The second kappa shape index (κ2) is 8.07. The number of aromatic nitrogens is 1. The van der Waals surface area contributed by atoms with Crippen LogP contribution < -0.4 is 15.8 Å². The lowest BCUT2D eigenvalue weighted by molar-refractivity contribution is -0.153. The quantitative estimate of drug-likeness (QED) is 0.385. The van der Waals surface area contributed by atoms with E-state index in [1.807, 2.05) is 0 Å². The first-order valence-corrected chi connectivity index (χ1v) is 9.65. The molecule has 0 atom stereocenters. The fraction of sp³-hybridized carbons (Fsp3) is 0.312. The number of guanidine groups is 1. The molecule has 2 aromatic rings. The zero-order valence-corrected chi connectivity index (χ0v) is 16.6. The first-order valence-electron chi connectivity index (χ1n) is 7.82. The Morgan fingerprint density at radius 2 is 2.04 bits per heavy atom. The Morgan fingerprint density at radius 1 is 1.33 bits per heavy atom. The third kappa shape index (κ3) is 5.78. The molecule has 0 saturated heterocycles. The Labute approximate surface area is 162 Å². The van der Waals surface area contributed by atoms with Crippen molar-refractivity contribution >= 4 is 50.2 Å². The van der Waals surface area contributed by atoms with Crippen LogP contribution in [0.4, 0.5) is 5.69 Å². The molecule has 0 fully saturated rings. The van der Waals surface area contributed by atoms with E-state index in [1.54, 1.807) is 26.8 Å². The molecule has 0 aliphatic heterocycles. The van der Waals surface area contributed by atoms with Gasteiger partial charge in [-0.1, -0.05) is 6.07 Å². The average molecular weight is 414 g/mol. The van der Waals surface area contributed by atoms with Crippen LogP contribution in [0.1, 0.15) is 20.8 Å². The molecule has 0 bridgehead atoms. The summed E-state index contributed by atoms with van der Waals surface area (Å²) in [6.45, 7) is 4.62. The number of esters is 1. The molecular formula is C16H20ClN5O4S. The van der Waals surface area contributed by atoms with Gasteiger partial charge in [0.15, 0.2) is 0 Å². The fourth-order valence-electron chi connectivity index (χ4n) is 2.20. The summed E-state index contributed by atoms with van der Waals surface area (Å²) < 4.78 is 35.5. The summed E-state index contributed by atoms with van der Waals surface area (Å²) >= 11 is 5.29. The summed E-state index contributed by atoms with van der Waals surface area (Å²) in [5.74, 6) is -0.697. The van der Waals surface area contributed by atoms with Crippen LogP contribution in [-0.2, 0) is 19.6 Å². The number of nitrogens with two attached hydrogens (primary N) is 1. The smallest absolute Gasteiger partial charge is 0.321 e. The molecule has 146 valence electrons. The number of fused-ring (bicyclic) bond motifs is 1. The molecule has 11 heteroatoms. The van der Waals surface area contributed by atoms with Gasteiger partial charge in [0.2, 0.25) is 16.0 Å². The van der Waals surface area contributed by atoms with Crippen molar-refractivity contribution < 1.29 is 17.9 Å². The number of hydrogen-bond donors (Lipinski definition) is 3. The van der Waals surface area contributed by atoms with E-state index in [1.165, 1.54) is 24.5 Å². The minimum absolute atomic E-state index is 0.0171. The van der Waals surface area contributed by atoms with Gasteiger partial charge in [0.05, 0.1) is 16.8 Å². The van der Waals surface area contributed by atoms with E-state index in [4.69, 9.17) is 22.2 Å². The lowest BCUT2D eigenvalue weighted by Crippen LogP contribution is -2.34. The van der Waals surface area contributed by atoms with Crippen molar-refractivity contribution in [1.29, 1.82) is 0 Å². The number of pyridine rings is 1. The van der Waals surface area contributed by atoms with E-state index in [0.717, 1.165) is 0 Å². The van der Waals surface area contributed by atoms with Gasteiger partial charge < -0.3 is 15.8 Å². The number of anilines is 1. The number of rotatable bonds is 5. The van der Waals surface area contributed by atoms with Crippen molar-refractivity contribution in [3.05, 3.63) is 30.6 Å². The Morgan fingerprint density at radius 3 is 2.67 bits per heavy atom. The average Bonchev–Trinajstić information content (AvgIpc) is 2.58. The van der Waals surface area contributed by atoms with E-state index >= 15 is 0 Å². The van der Waals surface area contributed by atoms with Gasteiger partial charge in [-0.2, -0.15) is 4.72 Å². The van der Waals surface area contributed by atoms with Crippen LogP contribution in [0.25, 0.3) is 10.8 Å². The number of halogens is 1. The molecule has 2 rings (SSSR count). The molecule has 1 aromatic carbocycles. The Hall–Kier alpha value is -2.43. The number of carbonyl (C=O) groups is 1. The molecule has 0 radical (unpaired) electrons. The summed E-state index contributed by atoms with van der Waals surface area (Å²) in [5.41, 5.74) is 5.35. The Kier molecular flexibility index (Phi) is 6.24. The standard InChI is InChI=1S/C16H20ClN5O4S/c1-16(2,3)26-14(23)9-20-27(24,25)11-4-5-12-10(6-11)7-19-8-13(12)21-15(18)22-17/h4-8,20H,9H2,1-3H3,(H3,18,21,22). The van der Waals surface area contributed by atoms with Crippen molar-refractivity contribution in [2.75, 3.05) is 11.9 Å². The number of ether oxygens (including phenoxy) is 1.